The number of aromatic nitrogens is 1. The Kier molecular flexibility index (Phi) is 3.10. The lowest BCUT2D eigenvalue weighted by molar-refractivity contribution is -0.137. The Bertz CT molecular complexity index is 735. The number of alkyl halides is 3. The number of thiophene rings is 1. The van der Waals surface area contributed by atoms with Crippen LogP contribution in [0.4, 0.5) is 24.5 Å². The normalized spacial score (nSPS) is 11.8. The Morgan fingerprint density at radius 3 is 2.50 bits per heavy atom. The van der Waals surface area contributed by atoms with Crippen LogP contribution in [-0.2, 0) is 6.18 Å². The van der Waals surface area contributed by atoms with Crippen LogP contribution < -0.4 is 5.32 Å². The largest absolute Gasteiger partial charge is 0.416 e. The summed E-state index contributed by atoms with van der Waals surface area (Å²) in [5, 5.41) is 5.49. The van der Waals surface area contributed by atoms with Crippen LogP contribution in [0.25, 0.3) is 10.1 Å². The van der Waals surface area contributed by atoms with Gasteiger partial charge in [0, 0.05) is 33.5 Å². The molecule has 20 heavy (non-hydrogen) atoms. The molecule has 2 heterocycles. The summed E-state index contributed by atoms with van der Waals surface area (Å²) < 4.78 is 39.1. The molecule has 0 atom stereocenters. The summed E-state index contributed by atoms with van der Waals surface area (Å²) in [7, 11) is 0. The third kappa shape index (κ3) is 2.46. The van der Waals surface area contributed by atoms with Gasteiger partial charge >= 0.3 is 6.18 Å². The topological polar surface area (TPSA) is 24.9 Å². The minimum Gasteiger partial charge on any atom is -0.354 e. The second kappa shape index (κ2) is 4.79. The standard InChI is InChI=1S/C14H9F3N2S/c15-14(16,17)9-1-2-13-11(7-9)12(8-20-13)19-10-3-5-18-6-4-10/h1-8H,(H,18,19). The molecule has 3 aromatic rings. The van der Waals surface area contributed by atoms with Gasteiger partial charge in [-0.3, -0.25) is 4.98 Å². The molecule has 0 saturated carbocycles. The fourth-order valence-electron chi connectivity index (χ4n) is 1.89. The van der Waals surface area contributed by atoms with Gasteiger partial charge in [0.1, 0.15) is 0 Å². The van der Waals surface area contributed by atoms with Crippen LogP contribution in [0.2, 0.25) is 0 Å². The lowest BCUT2D eigenvalue weighted by atomic mass is 10.1. The fourth-order valence-corrected chi connectivity index (χ4v) is 2.77. The van der Waals surface area contributed by atoms with Crippen molar-refractivity contribution in [1.29, 1.82) is 0 Å². The van der Waals surface area contributed by atoms with E-state index >= 15 is 0 Å². The summed E-state index contributed by atoms with van der Waals surface area (Å²) in [4.78, 5) is 3.90. The number of hydrogen-bond acceptors (Lipinski definition) is 3. The van der Waals surface area contributed by atoms with Gasteiger partial charge in [0.2, 0.25) is 0 Å². The highest BCUT2D eigenvalue weighted by Crippen LogP contribution is 2.37. The maximum Gasteiger partial charge on any atom is 0.416 e. The molecule has 102 valence electrons. The smallest absolute Gasteiger partial charge is 0.354 e. The highest BCUT2D eigenvalue weighted by molar-refractivity contribution is 7.17. The molecule has 0 unspecified atom stereocenters. The average molecular weight is 294 g/mol. The highest BCUT2D eigenvalue weighted by Gasteiger charge is 2.30. The number of pyridine rings is 1. The van der Waals surface area contributed by atoms with Crippen LogP contribution in [0.3, 0.4) is 0 Å². The van der Waals surface area contributed by atoms with Gasteiger partial charge in [-0.25, -0.2) is 0 Å². The highest BCUT2D eigenvalue weighted by atomic mass is 32.1. The molecule has 0 aliphatic carbocycles. The number of fused-ring (bicyclic) bond motifs is 1. The van der Waals surface area contributed by atoms with Crippen molar-refractivity contribution >= 4 is 32.8 Å². The molecule has 0 bridgehead atoms. The molecule has 1 aromatic carbocycles. The van der Waals surface area contributed by atoms with Crippen molar-refractivity contribution in [3.63, 3.8) is 0 Å². The molecule has 0 aliphatic heterocycles. The maximum absolute atomic E-state index is 12.8. The van der Waals surface area contributed by atoms with E-state index in [1.165, 1.54) is 23.5 Å². The molecular weight excluding hydrogens is 285 g/mol. The van der Waals surface area contributed by atoms with E-state index in [4.69, 9.17) is 0 Å². The molecule has 0 radical (unpaired) electrons. The van der Waals surface area contributed by atoms with Crippen molar-refractivity contribution in [2.45, 2.75) is 6.18 Å². The van der Waals surface area contributed by atoms with Gasteiger partial charge in [-0.1, -0.05) is 0 Å². The number of nitrogens with one attached hydrogen (secondary N) is 1. The summed E-state index contributed by atoms with van der Waals surface area (Å²) in [5.41, 5.74) is 0.820. The van der Waals surface area contributed by atoms with E-state index in [0.29, 0.717) is 11.1 Å². The molecule has 0 aliphatic rings. The molecule has 2 aromatic heterocycles. The first-order valence-corrected chi connectivity index (χ1v) is 6.67. The number of nitrogens with zero attached hydrogens (tertiary/aromatic N) is 1. The number of hydrogen-bond donors (Lipinski definition) is 1. The van der Waals surface area contributed by atoms with Crippen molar-refractivity contribution in [2.24, 2.45) is 0 Å². The van der Waals surface area contributed by atoms with Gasteiger partial charge in [0.15, 0.2) is 0 Å². The summed E-state index contributed by atoms with van der Waals surface area (Å²) >= 11 is 1.41. The van der Waals surface area contributed by atoms with E-state index in [-0.39, 0.29) is 0 Å². The predicted molar refractivity (Wildman–Crippen MR) is 74.3 cm³/mol. The molecule has 2 nitrogen and oxygen atoms in total. The first kappa shape index (κ1) is 12.9. The zero-order chi connectivity index (χ0) is 14.2. The van der Waals surface area contributed by atoms with Crippen molar-refractivity contribution < 1.29 is 13.2 Å². The van der Waals surface area contributed by atoms with Crippen molar-refractivity contribution in [1.82, 2.24) is 4.98 Å². The lowest BCUT2D eigenvalue weighted by Crippen LogP contribution is -2.04. The second-order valence-corrected chi connectivity index (χ2v) is 5.13. The Hall–Kier alpha value is -2.08. The molecule has 3 rings (SSSR count). The Morgan fingerprint density at radius 2 is 1.80 bits per heavy atom. The number of rotatable bonds is 2. The molecular formula is C14H9F3N2S. The van der Waals surface area contributed by atoms with Crippen LogP contribution in [0.15, 0.2) is 48.1 Å². The van der Waals surface area contributed by atoms with Gasteiger partial charge in [-0.15, -0.1) is 11.3 Å². The minimum absolute atomic E-state index is 0.571. The Labute approximate surface area is 116 Å². The molecule has 0 saturated heterocycles. The van der Waals surface area contributed by atoms with Crippen molar-refractivity contribution in [3.8, 4) is 0 Å². The van der Waals surface area contributed by atoms with Gasteiger partial charge in [0.05, 0.1) is 11.3 Å². The van der Waals surface area contributed by atoms with Gasteiger partial charge in [-0.05, 0) is 30.3 Å². The van der Waals surface area contributed by atoms with Crippen LogP contribution in [0.1, 0.15) is 5.56 Å². The SMILES string of the molecule is FC(F)(F)c1ccc2scc(Nc3ccncc3)c2c1. The van der Waals surface area contributed by atoms with Crippen molar-refractivity contribution in [2.75, 3.05) is 5.32 Å². The predicted octanol–water partition coefficient (Wildman–Crippen LogP) is 5.06. The maximum atomic E-state index is 12.8. The summed E-state index contributed by atoms with van der Waals surface area (Å²) in [6.45, 7) is 0. The van der Waals surface area contributed by atoms with Crippen LogP contribution in [-0.4, -0.2) is 4.98 Å². The third-order valence-electron chi connectivity index (χ3n) is 2.86. The Balaban J connectivity index is 2.03. The van der Waals surface area contributed by atoms with E-state index in [9.17, 15) is 13.2 Å². The number of benzene rings is 1. The van der Waals surface area contributed by atoms with Crippen LogP contribution in [0, 0.1) is 0 Å². The van der Waals surface area contributed by atoms with Gasteiger partial charge in [0.25, 0.3) is 0 Å². The van der Waals surface area contributed by atoms with Gasteiger partial charge in [-0.2, -0.15) is 13.2 Å². The zero-order valence-corrected chi connectivity index (χ0v) is 10.9. The first-order valence-electron chi connectivity index (χ1n) is 5.79. The zero-order valence-electron chi connectivity index (χ0n) is 10.1. The average Bonchev–Trinajstić information content (AvgIpc) is 2.82. The van der Waals surface area contributed by atoms with Crippen LogP contribution in [0.5, 0.6) is 0 Å². The number of anilines is 2. The van der Waals surface area contributed by atoms with Crippen molar-refractivity contribution in [3.05, 3.63) is 53.7 Å². The summed E-state index contributed by atoms with van der Waals surface area (Å²) in [5.74, 6) is 0. The molecule has 0 amide bonds. The van der Waals surface area contributed by atoms with E-state index in [1.54, 1.807) is 24.5 Å². The van der Waals surface area contributed by atoms with E-state index in [0.717, 1.165) is 16.5 Å². The third-order valence-corrected chi connectivity index (χ3v) is 3.82. The van der Waals surface area contributed by atoms with E-state index in [2.05, 4.69) is 10.3 Å². The fraction of sp³-hybridized carbons (Fsp3) is 0.0714. The number of halogens is 3. The second-order valence-electron chi connectivity index (χ2n) is 4.22. The molecule has 0 fully saturated rings. The van der Waals surface area contributed by atoms with Gasteiger partial charge < -0.3 is 5.32 Å². The summed E-state index contributed by atoms with van der Waals surface area (Å²) in [6, 6.07) is 7.30. The lowest BCUT2D eigenvalue weighted by Gasteiger charge is -2.08. The quantitative estimate of drug-likeness (QED) is 0.714. The molecule has 0 spiro atoms. The Morgan fingerprint density at radius 1 is 1.05 bits per heavy atom. The molecule has 1 N–H and O–H groups in total. The molecule has 6 heteroatoms. The minimum atomic E-state index is -4.33. The first-order chi connectivity index (χ1) is 9.54. The summed E-state index contributed by atoms with van der Waals surface area (Å²) in [6.07, 6.45) is -1.08. The van der Waals surface area contributed by atoms with E-state index in [1.807, 2.05) is 5.38 Å². The van der Waals surface area contributed by atoms with E-state index < -0.39 is 11.7 Å². The van der Waals surface area contributed by atoms with Crippen LogP contribution >= 0.6 is 11.3 Å². The monoisotopic (exact) mass is 294 g/mol.